The van der Waals surface area contributed by atoms with Gasteiger partial charge in [-0.25, -0.2) is 0 Å². The van der Waals surface area contributed by atoms with E-state index in [0.717, 1.165) is 33.9 Å². The fraction of sp³-hybridized carbons (Fsp3) is 0.136. The molecule has 4 rings (SSSR count). The Hall–Kier alpha value is -3.07. The number of rotatable bonds is 4. The van der Waals surface area contributed by atoms with Crippen molar-refractivity contribution < 1.29 is 0 Å². The molecule has 0 saturated heterocycles. The lowest BCUT2D eigenvalue weighted by Gasteiger charge is -2.13. The zero-order chi connectivity index (χ0) is 17.2. The number of anilines is 1. The van der Waals surface area contributed by atoms with Gasteiger partial charge in [0, 0.05) is 29.5 Å². The number of nitrogens with one attached hydrogen (secondary N) is 1. The summed E-state index contributed by atoms with van der Waals surface area (Å²) in [6.07, 6.45) is 0. The summed E-state index contributed by atoms with van der Waals surface area (Å²) in [6, 6.07) is 24.4. The quantitative estimate of drug-likeness (QED) is 0.547. The van der Waals surface area contributed by atoms with Gasteiger partial charge in [-0.15, -0.1) is 0 Å². The first kappa shape index (κ1) is 15.5. The molecule has 3 aromatic carbocycles. The van der Waals surface area contributed by atoms with Crippen molar-refractivity contribution in [1.82, 2.24) is 4.57 Å². The number of aryl methyl sites for hydroxylation is 1. The van der Waals surface area contributed by atoms with Crippen molar-refractivity contribution >= 4 is 27.4 Å². The van der Waals surface area contributed by atoms with Crippen molar-refractivity contribution in [2.75, 3.05) is 5.32 Å². The van der Waals surface area contributed by atoms with Crippen LogP contribution < -0.4 is 10.9 Å². The van der Waals surface area contributed by atoms with Crippen LogP contribution in [0.5, 0.6) is 0 Å². The van der Waals surface area contributed by atoms with E-state index in [4.69, 9.17) is 0 Å². The molecular formula is C22H20N2O. The molecule has 3 nitrogen and oxygen atoms in total. The van der Waals surface area contributed by atoms with Gasteiger partial charge >= 0.3 is 0 Å². The summed E-state index contributed by atoms with van der Waals surface area (Å²) in [5.74, 6) is 0. The van der Waals surface area contributed by atoms with E-state index in [9.17, 15) is 4.79 Å². The molecule has 0 unspecified atom stereocenters. The molecule has 4 aromatic rings. The van der Waals surface area contributed by atoms with Crippen molar-refractivity contribution in [2.24, 2.45) is 0 Å². The normalized spacial score (nSPS) is 11.1. The van der Waals surface area contributed by atoms with Crippen LogP contribution in [0.4, 0.5) is 5.69 Å². The van der Waals surface area contributed by atoms with Crippen molar-refractivity contribution in [1.29, 1.82) is 0 Å². The number of fused-ring (bicyclic) bond motifs is 3. The van der Waals surface area contributed by atoms with Crippen LogP contribution in [0.3, 0.4) is 0 Å². The number of nitrogens with zero attached hydrogens (tertiary/aromatic N) is 1. The molecule has 1 heterocycles. The lowest BCUT2D eigenvalue weighted by molar-refractivity contribution is 0.767. The summed E-state index contributed by atoms with van der Waals surface area (Å²) < 4.78 is 1.84. The highest BCUT2D eigenvalue weighted by Gasteiger charge is 2.10. The molecule has 0 aliphatic rings. The van der Waals surface area contributed by atoms with E-state index < -0.39 is 0 Å². The van der Waals surface area contributed by atoms with Crippen LogP contribution in [0.25, 0.3) is 21.7 Å². The van der Waals surface area contributed by atoms with E-state index in [-0.39, 0.29) is 5.56 Å². The summed E-state index contributed by atoms with van der Waals surface area (Å²) in [6.45, 7) is 3.44. The third-order valence-electron chi connectivity index (χ3n) is 4.64. The highest BCUT2D eigenvalue weighted by Crippen LogP contribution is 2.25. The molecule has 0 radical (unpaired) electrons. The second-order valence-electron chi connectivity index (χ2n) is 6.17. The third kappa shape index (κ3) is 2.78. The van der Waals surface area contributed by atoms with Crippen LogP contribution in [-0.2, 0) is 13.1 Å². The largest absolute Gasteiger partial charge is 0.381 e. The monoisotopic (exact) mass is 328 g/mol. The van der Waals surface area contributed by atoms with Crippen molar-refractivity contribution in [3.63, 3.8) is 0 Å². The van der Waals surface area contributed by atoms with Crippen LogP contribution in [0.15, 0.2) is 77.6 Å². The minimum absolute atomic E-state index is 0.0748. The Morgan fingerprint density at radius 3 is 2.40 bits per heavy atom. The van der Waals surface area contributed by atoms with Gasteiger partial charge in [-0.05, 0) is 42.1 Å². The maximum atomic E-state index is 12.8. The topological polar surface area (TPSA) is 34.0 Å². The maximum Gasteiger partial charge on any atom is 0.258 e. The van der Waals surface area contributed by atoms with Crippen LogP contribution >= 0.6 is 0 Å². The van der Waals surface area contributed by atoms with Crippen LogP contribution in [0.2, 0.25) is 0 Å². The van der Waals surface area contributed by atoms with E-state index >= 15 is 0 Å². The number of aromatic nitrogens is 1. The molecule has 0 aliphatic heterocycles. The predicted molar refractivity (Wildman–Crippen MR) is 105 cm³/mol. The summed E-state index contributed by atoms with van der Waals surface area (Å²) in [7, 11) is 0. The van der Waals surface area contributed by atoms with E-state index in [1.165, 1.54) is 5.56 Å². The summed E-state index contributed by atoms with van der Waals surface area (Å²) in [5, 5.41) is 6.34. The Bertz CT molecular complexity index is 1100. The Balaban J connectivity index is 1.82. The molecule has 0 fully saturated rings. The van der Waals surface area contributed by atoms with E-state index in [1.54, 1.807) is 0 Å². The number of para-hydroxylation sites is 1. The van der Waals surface area contributed by atoms with Gasteiger partial charge in [0.25, 0.3) is 5.56 Å². The van der Waals surface area contributed by atoms with Crippen molar-refractivity contribution in [3.05, 3.63) is 88.7 Å². The number of hydrogen-bond acceptors (Lipinski definition) is 2. The number of hydrogen-bond donors (Lipinski definition) is 1. The van der Waals surface area contributed by atoms with Gasteiger partial charge in [-0.3, -0.25) is 4.79 Å². The van der Waals surface area contributed by atoms with E-state index in [2.05, 4.69) is 29.6 Å². The lowest BCUT2D eigenvalue weighted by Crippen LogP contribution is -2.19. The molecule has 124 valence electrons. The van der Waals surface area contributed by atoms with Crippen LogP contribution in [0, 0.1) is 0 Å². The molecule has 0 saturated carbocycles. The van der Waals surface area contributed by atoms with Gasteiger partial charge in [0.1, 0.15) is 0 Å². The second kappa shape index (κ2) is 6.44. The van der Waals surface area contributed by atoms with Crippen molar-refractivity contribution in [3.8, 4) is 0 Å². The third-order valence-corrected chi connectivity index (χ3v) is 4.64. The molecule has 0 atom stereocenters. The number of benzene rings is 3. The predicted octanol–water partition coefficient (Wildman–Crippen LogP) is 4.79. The van der Waals surface area contributed by atoms with Crippen LogP contribution in [-0.4, -0.2) is 4.57 Å². The Labute approximate surface area is 146 Å². The second-order valence-corrected chi connectivity index (χ2v) is 6.17. The van der Waals surface area contributed by atoms with Gasteiger partial charge in [0.15, 0.2) is 0 Å². The minimum Gasteiger partial charge on any atom is -0.381 e. The first-order valence-corrected chi connectivity index (χ1v) is 8.61. The summed E-state index contributed by atoms with van der Waals surface area (Å²) >= 11 is 0. The van der Waals surface area contributed by atoms with Gasteiger partial charge < -0.3 is 9.88 Å². The number of pyridine rings is 1. The van der Waals surface area contributed by atoms with Gasteiger partial charge in [0.2, 0.25) is 0 Å². The zero-order valence-corrected chi connectivity index (χ0v) is 14.2. The molecule has 1 N–H and O–H groups in total. The molecular weight excluding hydrogens is 308 g/mol. The van der Waals surface area contributed by atoms with E-state index in [1.807, 2.05) is 60.0 Å². The highest BCUT2D eigenvalue weighted by molar-refractivity contribution is 6.06. The average molecular weight is 328 g/mol. The fourth-order valence-electron chi connectivity index (χ4n) is 3.37. The first-order valence-electron chi connectivity index (χ1n) is 8.61. The molecule has 0 aliphatic carbocycles. The summed E-state index contributed by atoms with van der Waals surface area (Å²) in [4.78, 5) is 12.8. The standard InChI is InChI=1S/C22H20N2O/c1-2-24-21-11-7-6-10-18(21)20-14-17(12-13-19(20)22(24)25)23-15-16-8-4-3-5-9-16/h3-14,23H,2,15H2,1H3. The zero-order valence-electron chi connectivity index (χ0n) is 14.2. The van der Waals surface area contributed by atoms with Crippen molar-refractivity contribution in [2.45, 2.75) is 20.0 Å². The van der Waals surface area contributed by atoms with Gasteiger partial charge in [-0.2, -0.15) is 0 Å². The average Bonchev–Trinajstić information content (AvgIpc) is 2.67. The lowest BCUT2D eigenvalue weighted by atomic mass is 10.0. The van der Waals surface area contributed by atoms with E-state index in [0.29, 0.717) is 6.54 Å². The maximum absolute atomic E-state index is 12.8. The smallest absolute Gasteiger partial charge is 0.258 e. The Morgan fingerprint density at radius 2 is 1.60 bits per heavy atom. The highest BCUT2D eigenvalue weighted by atomic mass is 16.1. The summed E-state index contributed by atoms with van der Waals surface area (Å²) in [5.41, 5.74) is 3.32. The molecule has 3 heteroatoms. The van der Waals surface area contributed by atoms with Gasteiger partial charge in [0.05, 0.1) is 5.52 Å². The molecule has 0 spiro atoms. The van der Waals surface area contributed by atoms with Crippen LogP contribution in [0.1, 0.15) is 12.5 Å². The molecule has 0 amide bonds. The fourth-order valence-corrected chi connectivity index (χ4v) is 3.37. The Kier molecular flexibility index (Phi) is 3.98. The molecule has 25 heavy (non-hydrogen) atoms. The van der Waals surface area contributed by atoms with Gasteiger partial charge in [-0.1, -0.05) is 48.5 Å². The SMILES string of the molecule is CCn1c(=O)c2ccc(NCc3ccccc3)cc2c2ccccc21. The first-order chi connectivity index (χ1) is 12.3. The Morgan fingerprint density at radius 1 is 0.840 bits per heavy atom. The molecule has 1 aromatic heterocycles. The molecule has 0 bridgehead atoms. The minimum atomic E-state index is 0.0748.